The molecule has 1 fully saturated rings. The van der Waals surface area contributed by atoms with Gasteiger partial charge in [0.25, 0.3) is 5.91 Å². The molecule has 0 aliphatic carbocycles. The van der Waals surface area contributed by atoms with E-state index in [1.165, 1.54) is 6.26 Å². The molecule has 0 spiro atoms. The van der Waals surface area contributed by atoms with E-state index < -0.39 is 0 Å². The van der Waals surface area contributed by atoms with Crippen LogP contribution in [0.25, 0.3) is 0 Å². The van der Waals surface area contributed by atoms with Crippen molar-refractivity contribution in [2.75, 3.05) is 38.1 Å². The fourth-order valence-corrected chi connectivity index (χ4v) is 2.93. The Balaban J connectivity index is 1.58. The van der Waals surface area contributed by atoms with E-state index >= 15 is 0 Å². The molecular weight excluding hydrogens is 346 g/mol. The number of hydrogen-bond donors (Lipinski definition) is 1. The highest BCUT2D eigenvalue weighted by Crippen LogP contribution is 2.26. The summed E-state index contributed by atoms with van der Waals surface area (Å²) in [7, 11) is 0. The molecule has 1 aromatic heterocycles. The lowest BCUT2D eigenvalue weighted by Crippen LogP contribution is -2.51. The van der Waals surface area contributed by atoms with Gasteiger partial charge in [-0.15, -0.1) is 0 Å². The fraction of sp³-hybridized carbons (Fsp3) is 0.400. The second kappa shape index (κ2) is 8.62. The zero-order chi connectivity index (χ0) is 19.2. The number of nitrogens with one attached hydrogen (secondary N) is 1. The molecule has 7 heteroatoms. The number of anilines is 1. The van der Waals surface area contributed by atoms with Crippen LogP contribution in [0.15, 0.2) is 41.0 Å². The molecule has 1 aliphatic rings. The lowest BCUT2D eigenvalue weighted by Gasteiger charge is -2.34. The molecule has 2 aromatic rings. The van der Waals surface area contributed by atoms with Crippen molar-refractivity contribution in [2.24, 2.45) is 0 Å². The lowest BCUT2D eigenvalue weighted by atomic mass is 10.2. The largest absolute Gasteiger partial charge is 0.491 e. The van der Waals surface area contributed by atoms with Crippen LogP contribution in [-0.2, 0) is 0 Å². The van der Waals surface area contributed by atoms with Crippen LogP contribution < -0.4 is 10.1 Å². The number of hydrogen-bond acceptors (Lipinski definition) is 4. The predicted molar refractivity (Wildman–Crippen MR) is 102 cm³/mol. The topological polar surface area (TPSA) is 75.0 Å². The van der Waals surface area contributed by atoms with Gasteiger partial charge in [0.05, 0.1) is 18.6 Å². The van der Waals surface area contributed by atoms with E-state index in [0.717, 1.165) is 12.0 Å². The van der Waals surface area contributed by atoms with E-state index in [2.05, 4.69) is 5.32 Å². The van der Waals surface area contributed by atoms with E-state index in [0.29, 0.717) is 50.0 Å². The van der Waals surface area contributed by atoms with Crippen molar-refractivity contribution >= 4 is 17.6 Å². The van der Waals surface area contributed by atoms with Crippen molar-refractivity contribution < 1.29 is 18.7 Å². The third-order valence-electron chi connectivity index (χ3n) is 4.43. The van der Waals surface area contributed by atoms with Gasteiger partial charge in [-0.1, -0.05) is 13.0 Å². The van der Waals surface area contributed by atoms with Gasteiger partial charge in [-0.2, -0.15) is 0 Å². The van der Waals surface area contributed by atoms with Crippen molar-refractivity contribution in [3.05, 3.63) is 47.9 Å². The summed E-state index contributed by atoms with van der Waals surface area (Å²) in [5, 5.41) is 2.93. The number of piperazine rings is 1. The number of benzene rings is 1. The summed E-state index contributed by atoms with van der Waals surface area (Å²) >= 11 is 0. The minimum absolute atomic E-state index is 0.145. The normalized spacial score (nSPS) is 14.1. The Kier molecular flexibility index (Phi) is 6.01. The summed E-state index contributed by atoms with van der Waals surface area (Å²) in [5.41, 5.74) is 1.73. The van der Waals surface area contributed by atoms with Crippen LogP contribution in [0.2, 0.25) is 0 Å². The van der Waals surface area contributed by atoms with Crippen molar-refractivity contribution in [3.63, 3.8) is 0 Å². The Morgan fingerprint density at radius 2 is 1.89 bits per heavy atom. The van der Waals surface area contributed by atoms with Crippen LogP contribution in [0.4, 0.5) is 10.5 Å². The minimum Gasteiger partial charge on any atom is -0.491 e. The SMILES string of the molecule is CCCOc1cc(C)ccc1NC(=O)N1CCN(C(=O)c2ccco2)CC1. The van der Waals surface area contributed by atoms with Crippen molar-refractivity contribution in [1.29, 1.82) is 0 Å². The van der Waals surface area contributed by atoms with Crippen molar-refractivity contribution in [1.82, 2.24) is 9.80 Å². The van der Waals surface area contributed by atoms with E-state index in [1.54, 1.807) is 21.9 Å². The number of aryl methyl sites for hydroxylation is 1. The van der Waals surface area contributed by atoms with Gasteiger partial charge in [-0.25, -0.2) is 4.79 Å². The summed E-state index contributed by atoms with van der Waals surface area (Å²) < 4.78 is 10.9. The molecule has 0 unspecified atom stereocenters. The number of urea groups is 1. The Morgan fingerprint density at radius 3 is 2.56 bits per heavy atom. The van der Waals surface area contributed by atoms with Gasteiger partial charge >= 0.3 is 6.03 Å². The first kappa shape index (κ1) is 18.8. The number of ether oxygens (including phenoxy) is 1. The van der Waals surface area contributed by atoms with Gasteiger partial charge in [0.2, 0.25) is 0 Å². The number of nitrogens with zero attached hydrogens (tertiary/aromatic N) is 2. The second-order valence-electron chi connectivity index (χ2n) is 6.53. The molecule has 0 bridgehead atoms. The predicted octanol–water partition coefficient (Wildman–Crippen LogP) is 3.37. The molecule has 3 rings (SSSR count). The third-order valence-corrected chi connectivity index (χ3v) is 4.43. The Morgan fingerprint density at radius 1 is 1.15 bits per heavy atom. The van der Waals surface area contributed by atoms with Crippen LogP contribution >= 0.6 is 0 Å². The van der Waals surface area contributed by atoms with E-state index in [9.17, 15) is 9.59 Å². The molecule has 0 atom stereocenters. The van der Waals surface area contributed by atoms with Crippen molar-refractivity contribution in [3.8, 4) is 5.75 Å². The monoisotopic (exact) mass is 371 g/mol. The first-order valence-corrected chi connectivity index (χ1v) is 9.20. The number of carbonyl (C=O) groups is 2. The third kappa shape index (κ3) is 4.61. The molecule has 1 aliphatic heterocycles. The van der Waals surface area contributed by atoms with Crippen molar-refractivity contribution in [2.45, 2.75) is 20.3 Å². The summed E-state index contributed by atoms with van der Waals surface area (Å²) in [6.45, 7) is 6.50. The summed E-state index contributed by atoms with van der Waals surface area (Å²) in [5.74, 6) is 0.857. The average Bonchev–Trinajstić information content (AvgIpc) is 3.22. The standard InChI is InChI=1S/C20H25N3O4/c1-3-12-26-18-14-15(2)6-7-16(18)21-20(25)23-10-8-22(9-11-23)19(24)17-5-4-13-27-17/h4-7,13-14H,3,8-12H2,1-2H3,(H,21,25). The van der Waals surface area contributed by atoms with E-state index in [1.807, 2.05) is 32.0 Å². The van der Waals surface area contributed by atoms with Crippen LogP contribution in [0.5, 0.6) is 5.75 Å². The lowest BCUT2D eigenvalue weighted by molar-refractivity contribution is 0.0640. The van der Waals surface area contributed by atoms with Crippen LogP contribution in [0, 0.1) is 6.92 Å². The smallest absolute Gasteiger partial charge is 0.322 e. The zero-order valence-electron chi connectivity index (χ0n) is 15.7. The van der Waals surface area contributed by atoms with Gasteiger partial charge in [0.15, 0.2) is 5.76 Å². The highest BCUT2D eigenvalue weighted by Gasteiger charge is 2.26. The maximum atomic E-state index is 12.6. The van der Waals surface area contributed by atoms with Crippen LogP contribution in [0.3, 0.4) is 0 Å². The minimum atomic E-state index is -0.190. The molecule has 1 aromatic carbocycles. The Bertz CT molecular complexity index is 781. The van der Waals surface area contributed by atoms with E-state index in [4.69, 9.17) is 9.15 Å². The van der Waals surface area contributed by atoms with Gasteiger partial charge in [-0.3, -0.25) is 4.79 Å². The molecule has 3 amide bonds. The Labute approximate surface area is 158 Å². The first-order chi connectivity index (χ1) is 13.1. The molecule has 7 nitrogen and oxygen atoms in total. The quantitative estimate of drug-likeness (QED) is 0.874. The fourth-order valence-electron chi connectivity index (χ4n) is 2.93. The molecule has 0 saturated carbocycles. The molecule has 1 N–H and O–H groups in total. The zero-order valence-corrected chi connectivity index (χ0v) is 15.7. The van der Waals surface area contributed by atoms with Gasteiger partial charge < -0.3 is 24.3 Å². The number of amides is 3. The Hall–Kier alpha value is -2.96. The molecule has 0 radical (unpaired) electrons. The molecular formula is C20H25N3O4. The van der Waals surface area contributed by atoms with Crippen LogP contribution in [-0.4, -0.2) is 54.5 Å². The van der Waals surface area contributed by atoms with Gasteiger partial charge in [0, 0.05) is 26.2 Å². The molecule has 27 heavy (non-hydrogen) atoms. The van der Waals surface area contributed by atoms with E-state index in [-0.39, 0.29) is 11.9 Å². The highest BCUT2D eigenvalue weighted by molar-refractivity contribution is 5.93. The number of carbonyl (C=O) groups excluding carboxylic acids is 2. The maximum Gasteiger partial charge on any atom is 0.322 e. The summed E-state index contributed by atoms with van der Waals surface area (Å²) in [4.78, 5) is 28.3. The van der Waals surface area contributed by atoms with Gasteiger partial charge in [-0.05, 0) is 43.2 Å². The maximum absolute atomic E-state index is 12.6. The number of rotatable bonds is 5. The van der Waals surface area contributed by atoms with Crippen LogP contribution in [0.1, 0.15) is 29.5 Å². The molecule has 1 saturated heterocycles. The number of furan rings is 1. The molecule has 2 heterocycles. The second-order valence-corrected chi connectivity index (χ2v) is 6.53. The first-order valence-electron chi connectivity index (χ1n) is 9.20. The molecule has 144 valence electrons. The highest BCUT2D eigenvalue weighted by atomic mass is 16.5. The summed E-state index contributed by atoms with van der Waals surface area (Å²) in [6.07, 6.45) is 2.38. The van der Waals surface area contributed by atoms with Gasteiger partial charge in [0.1, 0.15) is 5.75 Å². The summed E-state index contributed by atoms with van der Waals surface area (Å²) in [6, 6.07) is 8.87. The average molecular weight is 371 g/mol.